The summed E-state index contributed by atoms with van der Waals surface area (Å²) >= 11 is 7.12. The van der Waals surface area contributed by atoms with Crippen molar-refractivity contribution in [1.82, 2.24) is 4.98 Å². The highest BCUT2D eigenvalue weighted by Gasteiger charge is 2.08. The number of benzene rings is 1. The van der Waals surface area contributed by atoms with Crippen LogP contribution in [0.25, 0.3) is 11.3 Å². The topological polar surface area (TPSA) is 114 Å². The Morgan fingerprint density at radius 1 is 1.45 bits per heavy atom. The van der Waals surface area contributed by atoms with Gasteiger partial charge in [-0.25, -0.2) is 4.98 Å². The predicted molar refractivity (Wildman–Crippen MR) is 81.8 cm³/mol. The molecule has 104 valence electrons. The molecular formula is C12H12ClN5OS. The number of nitrogens with zero attached hydrogens (tertiary/aromatic N) is 2. The first-order valence-electron chi connectivity index (χ1n) is 5.56. The first-order chi connectivity index (χ1) is 9.54. The van der Waals surface area contributed by atoms with E-state index >= 15 is 0 Å². The number of hydrogen-bond acceptors (Lipinski definition) is 4. The molecular weight excluding hydrogens is 298 g/mol. The number of nitrogens with one attached hydrogen (secondary N) is 1. The van der Waals surface area contributed by atoms with Crippen LogP contribution in [-0.4, -0.2) is 16.1 Å². The second kappa shape index (κ2) is 6.44. The predicted octanol–water partition coefficient (Wildman–Crippen LogP) is 2.44. The zero-order valence-electron chi connectivity index (χ0n) is 10.3. The van der Waals surface area contributed by atoms with Crippen LogP contribution < -0.4 is 11.5 Å². The van der Waals surface area contributed by atoms with E-state index in [0.717, 1.165) is 5.56 Å². The Balaban J connectivity index is 2.04. The minimum Gasteiger partial charge on any atom is -0.440 e. The van der Waals surface area contributed by atoms with Gasteiger partial charge in [-0.3, -0.25) is 5.41 Å². The molecule has 1 aromatic heterocycles. The van der Waals surface area contributed by atoms with Crippen molar-refractivity contribution in [3.8, 4) is 11.3 Å². The summed E-state index contributed by atoms with van der Waals surface area (Å²) in [5, 5.41) is 7.82. The van der Waals surface area contributed by atoms with E-state index in [4.69, 9.17) is 32.9 Å². The minimum absolute atomic E-state index is 0.194. The quantitative estimate of drug-likeness (QED) is 0.595. The molecule has 2 rings (SSSR count). The first kappa shape index (κ1) is 14.4. The number of guanidine groups is 1. The van der Waals surface area contributed by atoms with Gasteiger partial charge in [0.15, 0.2) is 10.9 Å². The third kappa shape index (κ3) is 4.01. The van der Waals surface area contributed by atoms with E-state index in [2.05, 4.69) is 9.98 Å². The normalized spacial score (nSPS) is 11.6. The second-order valence-corrected chi connectivity index (χ2v) is 5.18. The van der Waals surface area contributed by atoms with Crippen LogP contribution in [-0.2, 0) is 5.75 Å². The lowest BCUT2D eigenvalue weighted by atomic mass is 10.2. The Bertz CT molecular complexity index is 655. The van der Waals surface area contributed by atoms with Crippen LogP contribution in [0.15, 0.2) is 39.9 Å². The smallest absolute Gasteiger partial charge is 0.214 e. The van der Waals surface area contributed by atoms with Gasteiger partial charge in [-0.05, 0) is 12.1 Å². The van der Waals surface area contributed by atoms with Gasteiger partial charge in [-0.15, -0.1) is 0 Å². The standard InChI is InChI=1S/C12H12ClN5OS/c13-8-3-1-2-7(4-8)9-5-17-10(19-9)6-20-12(16)18-11(14)15/h1-5H,6H2,(H5,14,15,16,18). The number of aliphatic imine (C=N–C) groups is 1. The molecule has 0 saturated heterocycles. The molecule has 1 aromatic carbocycles. The van der Waals surface area contributed by atoms with Crippen molar-refractivity contribution in [2.24, 2.45) is 16.5 Å². The Morgan fingerprint density at radius 2 is 2.25 bits per heavy atom. The van der Waals surface area contributed by atoms with Gasteiger partial charge in [0.2, 0.25) is 11.9 Å². The van der Waals surface area contributed by atoms with E-state index < -0.39 is 0 Å². The Hall–Kier alpha value is -1.99. The molecule has 0 bridgehead atoms. The summed E-state index contributed by atoms with van der Waals surface area (Å²) in [6.07, 6.45) is 1.62. The summed E-state index contributed by atoms with van der Waals surface area (Å²) < 4.78 is 5.59. The molecule has 2 aromatic rings. The molecule has 0 fully saturated rings. The molecule has 1 heterocycles. The minimum atomic E-state index is -0.331. The van der Waals surface area contributed by atoms with Gasteiger partial charge < -0.3 is 15.9 Å². The van der Waals surface area contributed by atoms with Crippen molar-refractivity contribution in [3.63, 3.8) is 0 Å². The number of thioether (sulfide) groups is 1. The molecule has 0 unspecified atom stereocenters. The van der Waals surface area contributed by atoms with Crippen molar-refractivity contribution in [2.75, 3.05) is 0 Å². The van der Waals surface area contributed by atoms with E-state index in [1.54, 1.807) is 18.3 Å². The average Bonchev–Trinajstić information content (AvgIpc) is 2.84. The number of hydrogen-bond donors (Lipinski definition) is 3. The zero-order chi connectivity index (χ0) is 14.5. The fourth-order valence-corrected chi connectivity index (χ4v) is 2.20. The molecule has 0 saturated carbocycles. The number of aromatic nitrogens is 1. The maximum Gasteiger partial charge on any atom is 0.214 e. The summed E-state index contributed by atoms with van der Waals surface area (Å²) in [7, 11) is 0. The van der Waals surface area contributed by atoms with Gasteiger partial charge in [0.25, 0.3) is 0 Å². The lowest BCUT2D eigenvalue weighted by Gasteiger charge is -1.98. The molecule has 0 amide bonds. The van der Waals surface area contributed by atoms with Gasteiger partial charge in [0.1, 0.15) is 0 Å². The summed E-state index contributed by atoms with van der Waals surface area (Å²) in [6, 6.07) is 7.31. The van der Waals surface area contributed by atoms with Crippen molar-refractivity contribution in [3.05, 3.63) is 41.4 Å². The molecule has 5 N–H and O–H groups in total. The summed E-state index contributed by atoms with van der Waals surface area (Å²) in [5.74, 6) is 1.21. The van der Waals surface area contributed by atoms with E-state index in [1.165, 1.54) is 11.8 Å². The SMILES string of the molecule is N=C(N)/N=C(\N)SCc1ncc(-c2cccc(Cl)c2)o1. The number of rotatable bonds is 3. The Labute approximate surface area is 124 Å². The molecule has 0 radical (unpaired) electrons. The van der Waals surface area contributed by atoms with Crippen LogP contribution in [0.4, 0.5) is 0 Å². The Morgan fingerprint density at radius 3 is 2.95 bits per heavy atom. The van der Waals surface area contributed by atoms with Crippen LogP contribution >= 0.6 is 23.4 Å². The van der Waals surface area contributed by atoms with Gasteiger partial charge in [-0.2, -0.15) is 4.99 Å². The average molecular weight is 310 g/mol. The highest BCUT2D eigenvalue weighted by Crippen LogP contribution is 2.24. The lowest BCUT2D eigenvalue weighted by molar-refractivity contribution is 0.530. The van der Waals surface area contributed by atoms with Crippen molar-refractivity contribution in [2.45, 2.75) is 5.75 Å². The summed E-state index contributed by atoms with van der Waals surface area (Å²) in [6.45, 7) is 0. The maximum absolute atomic E-state index is 6.99. The van der Waals surface area contributed by atoms with E-state index in [0.29, 0.717) is 22.4 Å². The molecule has 0 aliphatic carbocycles. The van der Waals surface area contributed by atoms with Crippen LogP contribution in [0.3, 0.4) is 0 Å². The van der Waals surface area contributed by atoms with Crippen molar-refractivity contribution in [1.29, 1.82) is 5.41 Å². The fraction of sp³-hybridized carbons (Fsp3) is 0.0833. The second-order valence-electron chi connectivity index (χ2n) is 3.75. The Kier molecular flexibility index (Phi) is 4.65. The number of halogens is 1. The van der Waals surface area contributed by atoms with Crippen molar-refractivity contribution < 1.29 is 4.42 Å². The van der Waals surface area contributed by atoms with Gasteiger partial charge in [0.05, 0.1) is 11.9 Å². The number of amidine groups is 1. The molecule has 6 nitrogen and oxygen atoms in total. The third-order valence-electron chi connectivity index (χ3n) is 2.24. The molecule has 0 aliphatic heterocycles. The number of nitrogens with two attached hydrogens (primary N) is 2. The molecule has 0 atom stereocenters. The monoisotopic (exact) mass is 309 g/mol. The third-order valence-corrected chi connectivity index (χ3v) is 3.25. The highest BCUT2D eigenvalue weighted by atomic mass is 35.5. The molecule has 0 aliphatic rings. The lowest BCUT2D eigenvalue weighted by Crippen LogP contribution is -2.14. The van der Waals surface area contributed by atoms with Gasteiger partial charge in [-0.1, -0.05) is 35.5 Å². The van der Waals surface area contributed by atoms with E-state index in [9.17, 15) is 0 Å². The maximum atomic E-state index is 6.99. The van der Waals surface area contributed by atoms with E-state index in [1.807, 2.05) is 12.1 Å². The summed E-state index contributed by atoms with van der Waals surface area (Å²) in [5.41, 5.74) is 11.5. The number of oxazole rings is 1. The largest absolute Gasteiger partial charge is 0.440 e. The zero-order valence-corrected chi connectivity index (χ0v) is 11.9. The molecule has 0 spiro atoms. The highest BCUT2D eigenvalue weighted by molar-refractivity contribution is 8.13. The van der Waals surface area contributed by atoms with Crippen LogP contribution in [0.1, 0.15) is 5.89 Å². The van der Waals surface area contributed by atoms with E-state index in [-0.39, 0.29) is 11.1 Å². The molecule has 8 heteroatoms. The molecule has 20 heavy (non-hydrogen) atoms. The van der Waals surface area contributed by atoms with Crippen LogP contribution in [0, 0.1) is 5.41 Å². The van der Waals surface area contributed by atoms with Gasteiger partial charge in [0, 0.05) is 10.6 Å². The van der Waals surface area contributed by atoms with Crippen molar-refractivity contribution >= 4 is 34.5 Å². The van der Waals surface area contributed by atoms with Gasteiger partial charge >= 0.3 is 0 Å². The first-order valence-corrected chi connectivity index (χ1v) is 6.92. The fourth-order valence-electron chi connectivity index (χ4n) is 1.44. The summed E-state index contributed by atoms with van der Waals surface area (Å²) in [4.78, 5) is 7.75. The van der Waals surface area contributed by atoms with Crippen LogP contribution in [0.2, 0.25) is 5.02 Å². The van der Waals surface area contributed by atoms with Crippen LogP contribution in [0.5, 0.6) is 0 Å².